The van der Waals surface area contributed by atoms with Crippen LogP contribution in [0.2, 0.25) is 0 Å². The van der Waals surface area contributed by atoms with Crippen LogP contribution < -0.4 is 10.2 Å². The van der Waals surface area contributed by atoms with Crippen LogP contribution in [0.25, 0.3) is 0 Å². The van der Waals surface area contributed by atoms with Gasteiger partial charge in [-0.25, -0.2) is 4.79 Å². The van der Waals surface area contributed by atoms with Crippen molar-refractivity contribution in [3.63, 3.8) is 0 Å². The number of anilines is 1. The summed E-state index contributed by atoms with van der Waals surface area (Å²) < 4.78 is 5.37. The maximum atomic E-state index is 12.0. The van der Waals surface area contributed by atoms with Gasteiger partial charge in [-0.05, 0) is 31.2 Å². The maximum Gasteiger partial charge on any atom is 0.335 e. The van der Waals surface area contributed by atoms with Crippen molar-refractivity contribution in [2.45, 2.75) is 13.0 Å². The van der Waals surface area contributed by atoms with Gasteiger partial charge in [-0.15, -0.1) is 0 Å². The summed E-state index contributed by atoms with van der Waals surface area (Å²) in [5.41, 5.74) is 1.06. The van der Waals surface area contributed by atoms with Gasteiger partial charge >= 0.3 is 5.97 Å². The highest BCUT2D eigenvalue weighted by Crippen LogP contribution is 2.20. The molecule has 6 heteroatoms. The van der Waals surface area contributed by atoms with Crippen molar-refractivity contribution in [2.75, 3.05) is 31.2 Å². The molecule has 1 atom stereocenters. The number of hydrogen-bond donors (Lipinski definition) is 2. The van der Waals surface area contributed by atoms with Crippen molar-refractivity contribution in [1.29, 1.82) is 0 Å². The minimum Gasteiger partial charge on any atom is -0.478 e. The lowest BCUT2D eigenvalue weighted by Crippen LogP contribution is -2.54. The SMILES string of the molecule is CCNC(=O)C1COCCN1c1ccc(C(=O)O)cc1. The number of nitrogens with one attached hydrogen (secondary N) is 1. The first-order chi connectivity index (χ1) is 9.63. The number of morpholine rings is 1. The molecule has 6 nitrogen and oxygen atoms in total. The number of ether oxygens (including phenoxy) is 1. The van der Waals surface area contributed by atoms with Gasteiger partial charge in [-0.1, -0.05) is 0 Å². The molecule has 1 fully saturated rings. The quantitative estimate of drug-likeness (QED) is 0.848. The van der Waals surface area contributed by atoms with Crippen LogP contribution in [0.4, 0.5) is 5.69 Å². The molecule has 20 heavy (non-hydrogen) atoms. The normalized spacial score (nSPS) is 18.6. The molecule has 108 valence electrons. The molecule has 1 heterocycles. The number of hydrogen-bond acceptors (Lipinski definition) is 4. The topological polar surface area (TPSA) is 78.9 Å². The first-order valence-corrected chi connectivity index (χ1v) is 6.59. The third kappa shape index (κ3) is 3.08. The minimum atomic E-state index is -0.959. The molecular formula is C14H18N2O4. The zero-order valence-electron chi connectivity index (χ0n) is 11.3. The number of rotatable bonds is 4. The summed E-state index contributed by atoms with van der Waals surface area (Å²) in [5.74, 6) is -1.03. The van der Waals surface area contributed by atoms with Crippen LogP contribution in [0.1, 0.15) is 17.3 Å². The highest BCUT2D eigenvalue weighted by atomic mass is 16.5. The van der Waals surface area contributed by atoms with Gasteiger partial charge in [0.05, 0.1) is 18.8 Å². The minimum absolute atomic E-state index is 0.0745. The standard InChI is InChI=1S/C14H18N2O4/c1-2-15-13(17)12-9-20-8-7-16(12)11-5-3-10(4-6-11)14(18)19/h3-6,12H,2,7-9H2,1H3,(H,15,17)(H,18,19). The van der Waals surface area contributed by atoms with Crippen molar-refractivity contribution in [2.24, 2.45) is 0 Å². The van der Waals surface area contributed by atoms with E-state index >= 15 is 0 Å². The Hall–Kier alpha value is -2.08. The molecule has 1 aliphatic rings. The van der Waals surface area contributed by atoms with Gasteiger partial charge < -0.3 is 20.1 Å². The van der Waals surface area contributed by atoms with E-state index in [1.54, 1.807) is 24.3 Å². The van der Waals surface area contributed by atoms with Gasteiger partial charge in [0, 0.05) is 18.8 Å². The van der Waals surface area contributed by atoms with E-state index in [1.807, 2.05) is 11.8 Å². The van der Waals surface area contributed by atoms with Gasteiger partial charge in [0.15, 0.2) is 0 Å². The Morgan fingerprint density at radius 3 is 2.70 bits per heavy atom. The van der Waals surface area contributed by atoms with Crippen LogP contribution in [-0.4, -0.2) is 49.3 Å². The average molecular weight is 278 g/mol. The lowest BCUT2D eigenvalue weighted by atomic mass is 10.1. The van der Waals surface area contributed by atoms with Crippen molar-refractivity contribution in [3.05, 3.63) is 29.8 Å². The molecule has 1 aliphatic heterocycles. The third-order valence-electron chi connectivity index (χ3n) is 3.23. The van der Waals surface area contributed by atoms with E-state index in [0.717, 1.165) is 5.69 Å². The summed E-state index contributed by atoms with van der Waals surface area (Å²) in [6.45, 7) is 3.94. The Bertz CT molecular complexity index is 486. The van der Waals surface area contributed by atoms with Crippen LogP contribution in [0.3, 0.4) is 0 Å². The van der Waals surface area contributed by atoms with E-state index in [4.69, 9.17) is 9.84 Å². The van der Waals surface area contributed by atoms with E-state index in [2.05, 4.69) is 5.32 Å². The Morgan fingerprint density at radius 2 is 2.10 bits per heavy atom. The zero-order chi connectivity index (χ0) is 14.5. The summed E-state index contributed by atoms with van der Waals surface area (Å²) >= 11 is 0. The summed E-state index contributed by atoms with van der Waals surface area (Å²) in [4.78, 5) is 24.8. The highest BCUT2D eigenvalue weighted by Gasteiger charge is 2.29. The van der Waals surface area contributed by atoms with Crippen LogP contribution in [0.15, 0.2) is 24.3 Å². The van der Waals surface area contributed by atoms with Crippen LogP contribution in [-0.2, 0) is 9.53 Å². The first-order valence-electron chi connectivity index (χ1n) is 6.59. The van der Waals surface area contributed by atoms with E-state index in [1.165, 1.54) is 0 Å². The fraction of sp³-hybridized carbons (Fsp3) is 0.429. The number of benzene rings is 1. The molecule has 1 unspecified atom stereocenters. The molecule has 1 saturated heterocycles. The van der Waals surface area contributed by atoms with Crippen LogP contribution >= 0.6 is 0 Å². The lowest BCUT2D eigenvalue weighted by Gasteiger charge is -2.36. The lowest BCUT2D eigenvalue weighted by molar-refractivity contribution is -0.124. The Morgan fingerprint density at radius 1 is 1.40 bits per heavy atom. The summed E-state index contributed by atoms with van der Waals surface area (Å²) in [7, 11) is 0. The van der Waals surface area contributed by atoms with Gasteiger partial charge in [0.1, 0.15) is 6.04 Å². The van der Waals surface area contributed by atoms with Gasteiger partial charge in [-0.3, -0.25) is 4.79 Å². The number of carboxylic acid groups (broad SMARTS) is 1. The van der Waals surface area contributed by atoms with Gasteiger partial charge in [-0.2, -0.15) is 0 Å². The molecule has 2 rings (SSSR count). The number of aromatic carboxylic acids is 1. The summed E-state index contributed by atoms with van der Waals surface area (Å²) in [6.07, 6.45) is 0. The number of carboxylic acids is 1. The second-order valence-electron chi connectivity index (χ2n) is 4.53. The predicted molar refractivity (Wildman–Crippen MR) is 74.0 cm³/mol. The first kappa shape index (κ1) is 14.3. The third-order valence-corrected chi connectivity index (χ3v) is 3.23. The molecule has 0 aromatic heterocycles. The number of likely N-dealkylation sites (N-methyl/N-ethyl adjacent to an activating group) is 1. The molecule has 0 spiro atoms. The molecule has 1 aromatic rings. The number of amides is 1. The Labute approximate surface area is 117 Å². The molecule has 2 N–H and O–H groups in total. The maximum absolute atomic E-state index is 12.0. The van der Waals surface area contributed by atoms with Crippen LogP contribution in [0, 0.1) is 0 Å². The van der Waals surface area contributed by atoms with Crippen molar-refractivity contribution >= 4 is 17.6 Å². The van der Waals surface area contributed by atoms with Crippen LogP contribution in [0.5, 0.6) is 0 Å². The second-order valence-corrected chi connectivity index (χ2v) is 4.53. The molecule has 0 saturated carbocycles. The zero-order valence-corrected chi connectivity index (χ0v) is 11.3. The Balaban J connectivity index is 2.18. The largest absolute Gasteiger partial charge is 0.478 e. The molecule has 0 radical (unpaired) electrons. The number of carbonyl (C=O) groups excluding carboxylic acids is 1. The van der Waals surface area contributed by atoms with E-state index in [0.29, 0.717) is 26.3 Å². The summed E-state index contributed by atoms with van der Waals surface area (Å²) in [5, 5.41) is 11.7. The van der Waals surface area contributed by atoms with Crippen molar-refractivity contribution in [3.8, 4) is 0 Å². The highest BCUT2D eigenvalue weighted by molar-refractivity contribution is 5.89. The van der Waals surface area contributed by atoms with Crippen molar-refractivity contribution < 1.29 is 19.4 Å². The molecule has 0 bridgehead atoms. The van der Waals surface area contributed by atoms with Crippen molar-refractivity contribution in [1.82, 2.24) is 5.32 Å². The predicted octanol–water partition coefficient (Wildman–Crippen LogP) is 0.726. The molecule has 1 amide bonds. The second kappa shape index (κ2) is 6.38. The average Bonchev–Trinajstić information content (AvgIpc) is 2.47. The number of carbonyl (C=O) groups is 2. The van der Waals surface area contributed by atoms with E-state index < -0.39 is 5.97 Å². The van der Waals surface area contributed by atoms with Gasteiger partial charge in [0.2, 0.25) is 5.91 Å². The van der Waals surface area contributed by atoms with E-state index in [9.17, 15) is 9.59 Å². The van der Waals surface area contributed by atoms with E-state index in [-0.39, 0.29) is 17.5 Å². The Kier molecular flexibility index (Phi) is 4.57. The van der Waals surface area contributed by atoms with Gasteiger partial charge in [0.25, 0.3) is 0 Å². The monoisotopic (exact) mass is 278 g/mol. The smallest absolute Gasteiger partial charge is 0.335 e. The number of nitrogens with zero attached hydrogens (tertiary/aromatic N) is 1. The molecular weight excluding hydrogens is 260 g/mol. The molecule has 0 aliphatic carbocycles. The molecule has 1 aromatic carbocycles. The summed E-state index contributed by atoms with van der Waals surface area (Å²) in [6, 6.07) is 6.16. The fourth-order valence-corrected chi connectivity index (χ4v) is 2.22. The fourth-order valence-electron chi connectivity index (χ4n) is 2.22.